The van der Waals surface area contributed by atoms with Crippen molar-refractivity contribution in [3.05, 3.63) is 50.1 Å². The van der Waals surface area contributed by atoms with Gasteiger partial charge < -0.3 is 9.84 Å². The molecule has 1 aromatic carbocycles. The molecule has 0 radical (unpaired) electrons. The Hall–Kier alpha value is -0.840. The Morgan fingerprint density at radius 1 is 1.37 bits per heavy atom. The van der Waals surface area contributed by atoms with Crippen molar-refractivity contribution in [3.8, 4) is 5.75 Å². The van der Waals surface area contributed by atoms with Crippen LogP contribution < -0.4 is 4.74 Å². The van der Waals surface area contributed by atoms with E-state index in [0.29, 0.717) is 0 Å². The Kier molecular flexibility index (Phi) is 3.91. The number of benzene rings is 1. The van der Waals surface area contributed by atoms with Crippen LogP contribution in [0.1, 0.15) is 28.5 Å². The number of aryl methyl sites for hydroxylation is 1. The third kappa shape index (κ3) is 3.02. The number of rotatable bonds is 4. The van der Waals surface area contributed by atoms with Gasteiger partial charge in [0.15, 0.2) is 0 Å². The summed E-state index contributed by atoms with van der Waals surface area (Å²) in [5, 5.41) is 12.2. The van der Waals surface area contributed by atoms with E-state index < -0.39 is 0 Å². The van der Waals surface area contributed by atoms with Crippen LogP contribution in [0.15, 0.2) is 34.1 Å². The third-order valence-corrected chi connectivity index (χ3v) is 5.17. The van der Waals surface area contributed by atoms with Gasteiger partial charge in [0.05, 0.1) is 12.7 Å². The summed E-state index contributed by atoms with van der Waals surface area (Å²) in [5.74, 6) is 1.02. The van der Waals surface area contributed by atoms with Crippen LogP contribution in [0.3, 0.4) is 0 Å². The molecule has 100 valence electrons. The van der Waals surface area contributed by atoms with Crippen molar-refractivity contribution < 1.29 is 9.84 Å². The van der Waals surface area contributed by atoms with Gasteiger partial charge in [-0.3, -0.25) is 0 Å². The molecule has 0 saturated heterocycles. The minimum Gasteiger partial charge on any atom is -0.493 e. The lowest BCUT2D eigenvalue weighted by Gasteiger charge is -2.09. The first-order chi connectivity index (χ1) is 9.22. The lowest BCUT2D eigenvalue weighted by atomic mass is 10.0. The summed E-state index contributed by atoms with van der Waals surface area (Å²) >= 11 is 5.01. The highest BCUT2D eigenvalue weighted by Gasteiger charge is 2.14. The second-order valence-electron chi connectivity index (χ2n) is 4.76. The average Bonchev–Trinajstić information content (AvgIpc) is 3.03. The highest BCUT2D eigenvalue weighted by Crippen LogP contribution is 2.30. The molecule has 0 bridgehead atoms. The first-order valence-electron chi connectivity index (χ1n) is 6.39. The van der Waals surface area contributed by atoms with E-state index in [4.69, 9.17) is 4.74 Å². The molecule has 1 aliphatic heterocycles. The molecule has 4 heteroatoms. The summed E-state index contributed by atoms with van der Waals surface area (Å²) in [4.78, 5) is 1.02. The van der Waals surface area contributed by atoms with Gasteiger partial charge in [0, 0.05) is 21.2 Å². The van der Waals surface area contributed by atoms with Gasteiger partial charge >= 0.3 is 0 Å². The number of ether oxygens (including phenoxy) is 1. The first-order valence-corrected chi connectivity index (χ1v) is 8.06. The van der Waals surface area contributed by atoms with E-state index in [9.17, 15) is 5.11 Å². The summed E-state index contributed by atoms with van der Waals surface area (Å²) < 4.78 is 6.54. The Morgan fingerprint density at radius 3 is 3.05 bits per heavy atom. The van der Waals surface area contributed by atoms with Gasteiger partial charge in [-0.25, -0.2) is 0 Å². The summed E-state index contributed by atoms with van der Waals surface area (Å²) in [7, 11) is 0. The van der Waals surface area contributed by atoms with Crippen LogP contribution in [-0.4, -0.2) is 11.7 Å². The quantitative estimate of drug-likeness (QED) is 0.908. The number of hydrogen-bond acceptors (Lipinski definition) is 3. The largest absolute Gasteiger partial charge is 0.493 e. The zero-order valence-electron chi connectivity index (χ0n) is 10.4. The molecule has 2 nitrogen and oxygen atoms in total. The van der Waals surface area contributed by atoms with Crippen LogP contribution in [0.2, 0.25) is 0 Å². The fourth-order valence-corrected chi connectivity index (χ4v) is 3.81. The molecular formula is C15H15BrO2S. The van der Waals surface area contributed by atoms with E-state index in [1.54, 1.807) is 11.3 Å². The molecule has 1 aliphatic rings. The average molecular weight is 339 g/mol. The highest BCUT2D eigenvalue weighted by molar-refractivity contribution is 9.10. The van der Waals surface area contributed by atoms with Gasteiger partial charge in [-0.05, 0) is 52.0 Å². The summed E-state index contributed by atoms with van der Waals surface area (Å²) in [5.41, 5.74) is 2.57. The van der Waals surface area contributed by atoms with E-state index in [-0.39, 0.29) is 6.10 Å². The monoisotopic (exact) mass is 338 g/mol. The predicted molar refractivity (Wildman–Crippen MR) is 80.9 cm³/mol. The molecule has 0 spiro atoms. The molecule has 0 fully saturated rings. The molecule has 0 amide bonds. The lowest BCUT2D eigenvalue weighted by molar-refractivity contribution is 0.171. The van der Waals surface area contributed by atoms with Crippen LogP contribution in [0.4, 0.5) is 0 Å². The van der Waals surface area contributed by atoms with E-state index in [1.807, 2.05) is 17.5 Å². The van der Waals surface area contributed by atoms with Crippen LogP contribution in [0.25, 0.3) is 0 Å². The van der Waals surface area contributed by atoms with Crippen molar-refractivity contribution in [1.82, 2.24) is 0 Å². The van der Waals surface area contributed by atoms with Gasteiger partial charge in [0.1, 0.15) is 5.75 Å². The van der Waals surface area contributed by atoms with Gasteiger partial charge in [-0.1, -0.05) is 12.1 Å². The summed E-state index contributed by atoms with van der Waals surface area (Å²) in [6, 6.07) is 8.35. The normalized spacial score (nSPS) is 15.1. The molecule has 0 aliphatic carbocycles. The van der Waals surface area contributed by atoms with E-state index in [0.717, 1.165) is 41.0 Å². The van der Waals surface area contributed by atoms with Crippen molar-refractivity contribution in [2.45, 2.75) is 25.4 Å². The Morgan fingerprint density at radius 2 is 2.26 bits per heavy atom. The van der Waals surface area contributed by atoms with Gasteiger partial charge in [-0.2, -0.15) is 0 Å². The number of thiophene rings is 1. The van der Waals surface area contributed by atoms with E-state index >= 15 is 0 Å². The fourth-order valence-electron chi connectivity index (χ4n) is 2.34. The molecule has 2 heterocycles. The second kappa shape index (κ2) is 5.65. The van der Waals surface area contributed by atoms with Crippen molar-refractivity contribution in [2.75, 3.05) is 6.61 Å². The minimum absolute atomic E-state index is 0.374. The van der Waals surface area contributed by atoms with Crippen molar-refractivity contribution in [1.29, 1.82) is 0 Å². The predicted octanol–water partition coefficient (Wildman–Crippen LogP) is 4.11. The zero-order chi connectivity index (χ0) is 13.2. The maximum absolute atomic E-state index is 10.2. The highest BCUT2D eigenvalue weighted by atomic mass is 79.9. The SMILES string of the molecule is OC(CCc1ccc2c(c1)CCO2)c1cc(Br)cs1. The van der Waals surface area contributed by atoms with Gasteiger partial charge in [0.25, 0.3) is 0 Å². The number of aliphatic hydroxyl groups is 1. The van der Waals surface area contributed by atoms with Crippen molar-refractivity contribution in [2.24, 2.45) is 0 Å². The maximum Gasteiger partial charge on any atom is 0.122 e. The number of fused-ring (bicyclic) bond motifs is 1. The molecule has 1 N–H and O–H groups in total. The van der Waals surface area contributed by atoms with Crippen LogP contribution >= 0.6 is 27.3 Å². The standard InChI is InChI=1S/C15H15BrO2S/c16-12-8-15(19-9-12)13(17)3-1-10-2-4-14-11(7-10)5-6-18-14/h2,4,7-9,13,17H,1,3,5-6H2. The van der Waals surface area contributed by atoms with E-state index in [1.165, 1.54) is 11.1 Å². The topological polar surface area (TPSA) is 29.5 Å². The first kappa shape index (κ1) is 13.2. The van der Waals surface area contributed by atoms with Crippen LogP contribution in [0.5, 0.6) is 5.75 Å². The molecule has 0 saturated carbocycles. The van der Waals surface area contributed by atoms with E-state index in [2.05, 4.69) is 28.1 Å². The maximum atomic E-state index is 10.2. The number of hydrogen-bond donors (Lipinski definition) is 1. The number of aliphatic hydroxyl groups excluding tert-OH is 1. The Labute approximate surface area is 125 Å². The third-order valence-electron chi connectivity index (χ3n) is 3.38. The molecule has 1 aromatic heterocycles. The molecular weight excluding hydrogens is 324 g/mol. The molecule has 1 atom stereocenters. The van der Waals surface area contributed by atoms with Gasteiger partial charge in [-0.15, -0.1) is 11.3 Å². The van der Waals surface area contributed by atoms with Crippen molar-refractivity contribution >= 4 is 27.3 Å². The molecule has 2 aromatic rings. The van der Waals surface area contributed by atoms with Crippen LogP contribution in [0, 0.1) is 0 Å². The Balaban J connectivity index is 1.63. The fraction of sp³-hybridized carbons (Fsp3) is 0.333. The Bertz CT molecular complexity index is 579. The van der Waals surface area contributed by atoms with Gasteiger partial charge in [0.2, 0.25) is 0 Å². The smallest absolute Gasteiger partial charge is 0.122 e. The lowest BCUT2D eigenvalue weighted by Crippen LogP contribution is -1.97. The second-order valence-corrected chi connectivity index (χ2v) is 6.62. The van der Waals surface area contributed by atoms with Crippen molar-refractivity contribution in [3.63, 3.8) is 0 Å². The molecule has 3 rings (SSSR count). The zero-order valence-corrected chi connectivity index (χ0v) is 12.8. The van der Waals surface area contributed by atoms with Crippen LogP contribution in [-0.2, 0) is 12.8 Å². The minimum atomic E-state index is -0.374. The number of halogens is 1. The molecule has 1 unspecified atom stereocenters. The summed E-state index contributed by atoms with van der Waals surface area (Å²) in [6.45, 7) is 0.796. The summed E-state index contributed by atoms with van der Waals surface area (Å²) in [6.07, 6.45) is 2.28. The molecule has 19 heavy (non-hydrogen) atoms.